The second-order valence-corrected chi connectivity index (χ2v) is 8.99. The predicted molar refractivity (Wildman–Crippen MR) is 113 cm³/mol. The van der Waals surface area contributed by atoms with Crippen molar-refractivity contribution in [2.75, 3.05) is 33.9 Å². The highest BCUT2D eigenvalue weighted by molar-refractivity contribution is 5.67. The van der Waals surface area contributed by atoms with Crippen molar-refractivity contribution in [2.45, 2.75) is 76.0 Å². The van der Waals surface area contributed by atoms with E-state index >= 15 is 0 Å². The quantitative estimate of drug-likeness (QED) is 0.322. The maximum Gasteiger partial charge on any atom is 0.407 e. The highest BCUT2D eigenvalue weighted by atomic mass is 16.6. The largest absolute Gasteiger partial charge is 0.450 e. The minimum Gasteiger partial charge on any atom is -0.450 e. The minimum absolute atomic E-state index is 0.00642. The van der Waals surface area contributed by atoms with Crippen LogP contribution in [0.4, 0.5) is 9.59 Å². The molecular formula is C22H36N2O7. The molecule has 3 aliphatic rings. The summed E-state index contributed by atoms with van der Waals surface area (Å²) in [6.45, 7) is 7.53. The van der Waals surface area contributed by atoms with Crippen LogP contribution in [-0.4, -0.2) is 75.6 Å². The van der Waals surface area contributed by atoms with Crippen LogP contribution in [0.5, 0.6) is 0 Å². The summed E-state index contributed by atoms with van der Waals surface area (Å²) < 4.78 is 28.6. The van der Waals surface area contributed by atoms with Gasteiger partial charge >= 0.3 is 12.2 Å². The van der Waals surface area contributed by atoms with Crippen molar-refractivity contribution in [1.82, 2.24) is 10.6 Å². The monoisotopic (exact) mass is 440 g/mol. The smallest absolute Gasteiger partial charge is 0.407 e. The van der Waals surface area contributed by atoms with Crippen molar-refractivity contribution in [3.8, 4) is 0 Å². The van der Waals surface area contributed by atoms with E-state index in [0.29, 0.717) is 26.0 Å². The molecule has 31 heavy (non-hydrogen) atoms. The molecule has 176 valence electrons. The summed E-state index contributed by atoms with van der Waals surface area (Å²) in [7, 11) is 3.15. The van der Waals surface area contributed by atoms with Crippen LogP contribution in [0.15, 0.2) is 11.6 Å². The number of allylic oxidation sites excluding steroid dienone is 1. The van der Waals surface area contributed by atoms with Gasteiger partial charge in [0.1, 0.15) is 23.4 Å². The van der Waals surface area contributed by atoms with Crippen LogP contribution in [-0.2, 0) is 23.7 Å². The maximum atomic E-state index is 12.3. The summed E-state index contributed by atoms with van der Waals surface area (Å²) in [4.78, 5) is 23.4. The Balaban J connectivity index is 1.54. The Morgan fingerprint density at radius 2 is 2.00 bits per heavy atom. The van der Waals surface area contributed by atoms with E-state index < -0.39 is 12.2 Å². The lowest BCUT2D eigenvalue weighted by Gasteiger charge is -2.42. The third kappa shape index (κ3) is 5.51. The first-order valence-electron chi connectivity index (χ1n) is 11.0. The van der Waals surface area contributed by atoms with Gasteiger partial charge in [0.25, 0.3) is 0 Å². The molecule has 2 amide bonds. The topological polar surface area (TPSA) is 111 Å². The summed E-state index contributed by atoms with van der Waals surface area (Å²) in [6, 6.07) is 0. The SMILES string of the molecule is CNC(=O)OCCCNC(=O)OC1CCC2(CO2)C(C2(C)OC2CC=C(C)C)C1OC. The van der Waals surface area contributed by atoms with Gasteiger partial charge in [-0.3, -0.25) is 0 Å². The van der Waals surface area contributed by atoms with Crippen LogP contribution in [0.1, 0.15) is 46.5 Å². The first-order chi connectivity index (χ1) is 14.8. The molecule has 2 N–H and O–H groups in total. The van der Waals surface area contributed by atoms with Crippen LogP contribution in [0, 0.1) is 5.92 Å². The van der Waals surface area contributed by atoms with E-state index in [1.54, 1.807) is 7.11 Å². The minimum atomic E-state index is -0.499. The zero-order valence-corrected chi connectivity index (χ0v) is 19.2. The Kier molecular flexibility index (Phi) is 7.49. The van der Waals surface area contributed by atoms with Gasteiger partial charge in [-0.25, -0.2) is 9.59 Å². The van der Waals surface area contributed by atoms with Gasteiger partial charge in [0.2, 0.25) is 0 Å². The fourth-order valence-electron chi connectivity index (χ4n) is 4.75. The fourth-order valence-corrected chi connectivity index (χ4v) is 4.75. The molecular weight excluding hydrogens is 404 g/mol. The number of carbonyl (C=O) groups excluding carboxylic acids is 2. The van der Waals surface area contributed by atoms with Crippen molar-refractivity contribution in [3.63, 3.8) is 0 Å². The first kappa shape index (κ1) is 23.8. The zero-order chi connectivity index (χ0) is 22.6. The first-order valence-corrected chi connectivity index (χ1v) is 11.0. The summed E-state index contributed by atoms with van der Waals surface area (Å²) >= 11 is 0. The van der Waals surface area contributed by atoms with Gasteiger partial charge in [0.05, 0.1) is 25.2 Å². The van der Waals surface area contributed by atoms with E-state index in [-0.39, 0.29) is 42.0 Å². The molecule has 2 aliphatic heterocycles. The number of epoxide rings is 2. The van der Waals surface area contributed by atoms with Gasteiger partial charge in [-0.05, 0) is 46.5 Å². The van der Waals surface area contributed by atoms with E-state index in [4.69, 9.17) is 23.7 Å². The van der Waals surface area contributed by atoms with Crippen molar-refractivity contribution in [1.29, 1.82) is 0 Å². The molecule has 6 unspecified atom stereocenters. The molecule has 2 heterocycles. The third-order valence-corrected chi connectivity index (χ3v) is 6.52. The molecule has 9 heteroatoms. The highest BCUT2D eigenvalue weighted by Crippen LogP contribution is 2.59. The highest BCUT2D eigenvalue weighted by Gasteiger charge is 2.72. The zero-order valence-electron chi connectivity index (χ0n) is 19.2. The van der Waals surface area contributed by atoms with Crippen LogP contribution >= 0.6 is 0 Å². The van der Waals surface area contributed by atoms with Gasteiger partial charge in [-0.15, -0.1) is 0 Å². The molecule has 3 fully saturated rings. The van der Waals surface area contributed by atoms with Crippen LogP contribution < -0.4 is 10.6 Å². The number of ether oxygens (including phenoxy) is 5. The Morgan fingerprint density at radius 3 is 2.61 bits per heavy atom. The number of hydrogen-bond donors (Lipinski definition) is 2. The summed E-state index contributed by atoms with van der Waals surface area (Å²) in [5, 5.41) is 5.08. The normalized spacial score (nSPS) is 35.8. The van der Waals surface area contributed by atoms with Crippen molar-refractivity contribution >= 4 is 12.2 Å². The number of amides is 2. The molecule has 2 saturated heterocycles. The number of hydrogen-bond acceptors (Lipinski definition) is 7. The summed E-state index contributed by atoms with van der Waals surface area (Å²) in [5.41, 5.74) is 0.655. The Labute approximate surface area is 184 Å². The van der Waals surface area contributed by atoms with Crippen molar-refractivity contribution in [3.05, 3.63) is 11.6 Å². The second-order valence-electron chi connectivity index (χ2n) is 8.99. The maximum absolute atomic E-state index is 12.3. The van der Waals surface area contributed by atoms with E-state index in [9.17, 15) is 9.59 Å². The van der Waals surface area contributed by atoms with Gasteiger partial charge in [0.15, 0.2) is 0 Å². The number of carbonyl (C=O) groups is 2. The average molecular weight is 441 g/mol. The number of nitrogens with one attached hydrogen (secondary N) is 2. The van der Waals surface area contributed by atoms with Crippen molar-refractivity contribution < 1.29 is 33.3 Å². The van der Waals surface area contributed by atoms with E-state index in [1.807, 2.05) is 0 Å². The lowest BCUT2D eigenvalue weighted by atomic mass is 9.68. The lowest BCUT2D eigenvalue weighted by molar-refractivity contribution is -0.118. The van der Waals surface area contributed by atoms with Crippen LogP contribution in [0.25, 0.3) is 0 Å². The summed E-state index contributed by atoms with van der Waals surface area (Å²) in [6.07, 6.45) is 3.47. The molecule has 1 saturated carbocycles. The third-order valence-electron chi connectivity index (χ3n) is 6.52. The average Bonchev–Trinajstić information content (AvgIpc) is 3.64. The molecule has 3 rings (SSSR count). The molecule has 0 aromatic rings. The van der Waals surface area contributed by atoms with E-state index in [0.717, 1.165) is 12.8 Å². The Hall–Kier alpha value is -1.84. The molecule has 0 radical (unpaired) electrons. The van der Waals surface area contributed by atoms with Gasteiger partial charge in [-0.2, -0.15) is 0 Å². The molecule has 9 nitrogen and oxygen atoms in total. The molecule has 0 bridgehead atoms. The van der Waals surface area contributed by atoms with Crippen LogP contribution in [0.3, 0.4) is 0 Å². The molecule has 1 aliphatic carbocycles. The molecule has 0 aromatic heterocycles. The van der Waals surface area contributed by atoms with Gasteiger partial charge < -0.3 is 34.3 Å². The van der Waals surface area contributed by atoms with E-state index in [1.165, 1.54) is 12.6 Å². The fraction of sp³-hybridized carbons (Fsp3) is 0.818. The summed E-state index contributed by atoms with van der Waals surface area (Å²) in [5.74, 6) is -0.00642. The standard InChI is InChI=1S/C22H36N2O7/c1-14(2)7-8-16-21(3,31-16)18-17(27-5)15(9-10-22(18)13-29-22)30-20(26)24-11-6-12-28-19(25)23-4/h7,15-18H,6,8-13H2,1-5H3,(H,23,25)(H,24,26). The lowest BCUT2D eigenvalue weighted by Crippen LogP contribution is -2.56. The molecule has 6 atom stereocenters. The predicted octanol–water partition coefficient (Wildman–Crippen LogP) is 2.54. The van der Waals surface area contributed by atoms with Gasteiger partial charge in [-0.1, -0.05) is 11.6 Å². The number of rotatable bonds is 9. The molecule has 0 aromatic carbocycles. The Bertz CT molecular complexity index is 689. The van der Waals surface area contributed by atoms with Crippen LogP contribution in [0.2, 0.25) is 0 Å². The number of alkyl carbamates (subject to hydrolysis) is 2. The second kappa shape index (κ2) is 9.75. The van der Waals surface area contributed by atoms with Crippen molar-refractivity contribution in [2.24, 2.45) is 5.92 Å². The van der Waals surface area contributed by atoms with Gasteiger partial charge in [0, 0.05) is 20.7 Å². The Morgan fingerprint density at radius 1 is 1.26 bits per heavy atom. The molecule has 1 spiro atoms. The number of methoxy groups -OCH3 is 1. The van der Waals surface area contributed by atoms with E-state index in [2.05, 4.69) is 37.5 Å².